The summed E-state index contributed by atoms with van der Waals surface area (Å²) in [4.78, 5) is 12.3. The van der Waals surface area contributed by atoms with Gasteiger partial charge in [0.25, 0.3) is 0 Å². The molecule has 1 amide bonds. The second-order valence-electron chi connectivity index (χ2n) is 5.79. The predicted octanol–water partition coefficient (Wildman–Crippen LogP) is 2.03. The van der Waals surface area contributed by atoms with Gasteiger partial charge in [0.2, 0.25) is 21.7 Å². The topological polar surface area (TPSA) is 112 Å². The first-order chi connectivity index (χ1) is 13.8. The Labute approximate surface area is 170 Å². The van der Waals surface area contributed by atoms with Gasteiger partial charge in [0, 0.05) is 30.8 Å². The van der Waals surface area contributed by atoms with Crippen LogP contribution in [0.3, 0.4) is 0 Å². The van der Waals surface area contributed by atoms with Crippen LogP contribution in [0.4, 0.5) is 5.69 Å². The van der Waals surface area contributed by atoms with Crippen molar-refractivity contribution in [3.05, 3.63) is 36.4 Å². The minimum absolute atomic E-state index is 0.0634. The molecular formula is C19H24N2O7S. The molecule has 0 spiro atoms. The minimum atomic E-state index is -3.73. The number of anilines is 1. The Morgan fingerprint density at radius 2 is 1.48 bits per heavy atom. The van der Waals surface area contributed by atoms with E-state index in [1.807, 2.05) is 0 Å². The highest BCUT2D eigenvalue weighted by molar-refractivity contribution is 7.89. The van der Waals surface area contributed by atoms with Crippen molar-refractivity contribution in [1.29, 1.82) is 0 Å². The molecule has 0 aliphatic heterocycles. The highest BCUT2D eigenvalue weighted by atomic mass is 32.2. The molecule has 2 rings (SSSR count). The van der Waals surface area contributed by atoms with Crippen LogP contribution in [0.1, 0.15) is 6.42 Å². The van der Waals surface area contributed by atoms with E-state index in [4.69, 9.17) is 18.9 Å². The molecule has 0 aromatic heterocycles. The molecule has 0 aliphatic rings. The zero-order chi connectivity index (χ0) is 21.4. The van der Waals surface area contributed by atoms with Gasteiger partial charge in [-0.15, -0.1) is 0 Å². The van der Waals surface area contributed by atoms with Crippen LogP contribution in [0, 0.1) is 0 Å². The first-order valence-corrected chi connectivity index (χ1v) is 10.1. The molecule has 0 unspecified atom stereocenters. The highest BCUT2D eigenvalue weighted by Crippen LogP contribution is 2.39. The lowest BCUT2D eigenvalue weighted by Crippen LogP contribution is -2.27. The molecule has 0 fully saturated rings. The van der Waals surface area contributed by atoms with Crippen molar-refractivity contribution in [3.8, 4) is 23.0 Å². The SMILES string of the molecule is COc1ccc(S(=O)(=O)NCCC(=O)Nc2cc(OC)c(OC)c(OC)c2)cc1. The van der Waals surface area contributed by atoms with Crippen LogP contribution in [-0.4, -0.2) is 49.3 Å². The van der Waals surface area contributed by atoms with E-state index >= 15 is 0 Å². The minimum Gasteiger partial charge on any atom is -0.497 e. The first kappa shape index (κ1) is 22.3. The predicted molar refractivity (Wildman–Crippen MR) is 108 cm³/mol. The summed E-state index contributed by atoms with van der Waals surface area (Å²) >= 11 is 0. The molecule has 2 aromatic carbocycles. The lowest BCUT2D eigenvalue weighted by atomic mass is 10.2. The summed E-state index contributed by atoms with van der Waals surface area (Å²) in [6.45, 7) is -0.0649. The number of sulfonamides is 1. The van der Waals surface area contributed by atoms with Crippen molar-refractivity contribution >= 4 is 21.6 Å². The summed E-state index contributed by atoms with van der Waals surface area (Å²) in [6, 6.07) is 9.12. The third-order valence-corrected chi connectivity index (χ3v) is 5.44. The Hall–Kier alpha value is -2.98. The van der Waals surface area contributed by atoms with Gasteiger partial charge in [-0.3, -0.25) is 4.79 Å². The zero-order valence-corrected chi connectivity index (χ0v) is 17.5. The van der Waals surface area contributed by atoms with Crippen molar-refractivity contribution in [1.82, 2.24) is 4.72 Å². The molecule has 2 N–H and O–H groups in total. The molecule has 0 aliphatic carbocycles. The van der Waals surface area contributed by atoms with E-state index in [0.29, 0.717) is 28.7 Å². The van der Waals surface area contributed by atoms with Gasteiger partial charge in [-0.05, 0) is 24.3 Å². The molecule has 0 saturated carbocycles. The Kier molecular flexibility index (Phi) is 7.68. The van der Waals surface area contributed by atoms with Crippen LogP contribution >= 0.6 is 0 Å². The van der Waals surface area contributed by atoms with E-state index in [2.05, 4.69) is 10.0 Å². The molecule has 0 heterocycles. The van der Waals surface area contributed by atoms with E-state index in [1.165, 1.54) is 40.6 Å². The standard InChI is InChI=1S/C19H24N2O7S/c1-25-14-5-7-15(8-6-14)29(23,24)20-10-9-18(22)21-13-11-16(26-2)19(28-4)17(12-13)27-3/h5-8,11-12,20H,9-10H2,1-4H3,(H,21,22). The Morgan fingerprint density at radius 1 is 0.897 bits per heavy atom. The second-order valence-corrected chi connectivity index (χ2v) is 7.55. The number of carbonyl (C=O) groups is 1. The maximum atomic E-state index is 12.3. The summed E-state index contributed by atoms with van der Waals surface area (Å²) in [7, 11) is 2.19. The molecule has 0 saturated heterocycles. The zero-order valence-electron chi connectivity index (χ0n) is 16.6. The van der Waals surface area contributed by atoms with Gasteiger partial charge in [0.05, 0.1) is 33.3 Å². The van der Waals surface area contributed by atoms with Gasteiger partial charge in [-0.2, -0.15) is 0 Å². The molecule has 0 atom stereocenters. The summed E-state index contributed by atoms with van der Waals surface area (Å²) in [6.07, 6.45) is -0.0634. The molecule has 158 valence electrons. The second kappa shape index (κ2) is 9.99. The number of methoxy groups -OCH3 is 4. The molecule has 0 bridgehead atoms. The largest absolute Gasteiger partial charge is 0.497 e. The van der Waals surface area contributed by atoms with E-state index in [9.17, 15) is 13.2 Å². The molecule has 2 aromatic rings. The normalized spacial score (nSPS) is 10.9. The van der Waals surface area contributed by atoms with Crippen molar-refractivity contribution in [3.63, 3.8) is 0 Å². The van der Waals surface area contributed by atoms with Crippen molar-refractivity contribution in [2.24, 2.45) is 0 Å². The Bertz CT molecular complexity index is 919. The van der Waals surface area contributed by atoms with Gasteiger partial charge < -0.3 is 24.3 Å². The van der Waals surface area contributed by atoms with Crippen LogP contribution in [0.15, 0.2) is 41.3 Å². The Balaban J connectivity index is 1.97. The fraction of sp³-hybridized carbons (Fsp3) is 0.316. The van der Waals surface area contributed by atoms with Crippen LogP contribution < -0.4 is 29.0 Å². The highest BCUT2D eigenvalue weighted by Gasteiger charge is 2.16. The fourth-order valence-electron chi connectivity index (χ4n) is 2.51. The molecular weight excluding hydrogens is 400 g/mol. The third kappa shape index (κ3) is 5.75. The lowest BCUT2D eigenvalue weighted by Gasteiger charge is -2.14. The van der Waals surface area contributed by atoms with Crippen molar-refractivity contribution in [2.75, 3.05) is 40.3 Å². The van der Waals surface area contributed by atoms with Crippen molar-refractivity contribution in [2.45, 2.75) is 11.3 Å². The maximum Gasteiger partial charge on any atom is 0.240 e. The number of nitrogens with one attached hydrogen (secondary N) is 2. The summed E-state index contributed by atoms with van der Waals surface area (Å²) in [5.41, 5.74) is 0.433. The third-order valence-electron chi connectivity index (χ3n) is 3.96. The van der Waals surface area contributed by atoms with E-state index < -0.39 is 10.0 Å². The molecule has 9 nitrogen and oxygen atoms in total. The molecule has 29 heavy (non-hydrogen) atoms. The van der Waals surface area contributed by atoms with Gasteiger partial charge in [0.1, 0.15) is 5.75 Å². The maximum absolute atomic E-state index is 12.3. The van der Waals surface area contributed by atoms with E-state index in [1.54, 1.807) is 24.3 Å². The Morgan fingerprint density at radius 3 is 1.97 bits per heavy atom. The van der Waals surface area contributed by atoms with E-state index in [-0.39, 0.29) is 23.8 Å². The monoisotopic (exact) mass is 424 g/mol. The summed E-state index contributed by atoms with van der Waals surface area (Å²) in [5, 5.41) is 2.68. The van der Waals surface area contributed by atoms with Crippen LogP contribution in [-0.2, 0) is 14.8 Å². The number of benzene rings is 2. The average Bonchev–Trinajstić information content (AvgIpc) is 2.72. The average molecular weight is 424 g/mol. The molecule has 10 heteroatoms. The number of amides is 1. The van der Waals surface area contributed by atoms with Gasteiger partial charge in [-0.25, -0.2) is 13.1 Å². The van der Waals surface area contributed by atoms with Crippen LogP contribution in [0.2, 0.25) is 0 Å². The quantitative estimate of drug-likeness (QED) is 0.600. The summed E-state index contributed by atoms with van der Waals surface area (Å²) < 4.78 is 47.7. The summed E-state index contributed by atoms with van der Waals surface area (Å²) in [5.74, 6) is 1.36. The van der Waals surface area contributed by atoms with Gasteiger partial charge in [0.15, 0.2) is 11.5 Å². The van der Waals surface area contributed by atoms with Crippen LogP contribution in [0.5, 0.6) is 23.0 Å². The fourth-order valence-corrected chi connectivity index (χ4v) is 3.55. The van der Waals surface area contributed by atoms with E-state index in [0.717, 1.165) is 0 Å². The van der Waals surface area contributed by atoms with Gasteiger partial charge in [-0.1, -0.05) is 0 Å². The number of carbonyl (C=O) groups excluding carboxylic acids is 1. The number of hydrogen-bond donors (Lipinski definition) is 2. The number of hydrogen-bond acceptors (Lipinski definition) is 7. The smallest absolute Gasteiger partial charge is 0.240 e. The molecule has 0 radical (unpaired) electrons. The van der Waals surface area contributed by atoms with Crippen molar-refractivity contribution < 1.29 is 32.2 Å². The lowest BCUT2D eigenvalue weighted by molar-refractivity contribution is -0.116. The van der Waals surface area contributed by atoms with Crippen LogP contribution in [0.25, 0.3) is 0 Å². The first-order valence-electron chi connectivity index (χ1n) is 8.58. The number of rotatable bonds is 10. The number of ether oxygens (including phenoxy) is 4. The van der Waals surface area contributed by atoms with Gasteiger partial charge >= 0.3 is 0 Å².